The van der Waals surface area contributed by atoms with Gasteiger partial charge in [-0.3, -0.25) is 9.69 Å². The zero-order valence-corrected chi connectivity index (χ0v) is 16.1. The van der Waals surface area contributed by atoms with E-state index in [0.717, 1.165) is 63.8 Å². The van der Waals surface area contributed by atoms with Crippen LogP contribution in [0.1, 0.15) is 44.6 Å². The lowest BCUT2D eigenvalue weighted by atomic mass is 9.77. The first-order chi connectivity index (χ1) is 12.5. The van der Waals surface area contributed by atoms with Crippen molar-refractivity contribution in [2.45, 2.75) is 51.6 Å². The molecule has 26 heavy (non-hydrogen) atoms. The average Bonchev–Trinajstić information content (AvgIpc) is 2.96. The predicted molar refractivity (Wildman–Crippen MR) is 102 cm³/mol. The summed E-state index contributed by atoms with van der Waals surface area (Å²) < 4.78 is 13.2. The number of amides is 1. The highest BCUT2D eigenvalue weighted by Crippen LogP contribution is 2.41. The van der Waals surface area contributed by atoms with Crippen LogP contribution in [0.15, 0.2) is 24.3 Å². The average molecular weight is 362 g/mol. The van der Waals surface area contributed by atoms with Crippen molar-refractivity contribution in [2.24, 2.45) is 5.41 Å². The van der Waals surface area contributed by atoms with Crippen molar-refractivity contribution in [2.75, 3.05) is 33.2 Å². The molecule has 0 saturated carbocycles. The second-order valence-electron chi connectivity index (χ2n) is 8.12. The smallest absolute Gasteiger partial charge is 0.240 e. The maximum atomic E-state index is 13.4. The normalized spacial score (nSPS) is 22.7. The monoisotopic (exact) mass is 361 g/mol. The number of piperidine rings is 1. The minimum atomic E-state index is -0.233. The number of hydrogen-bond donors (Lipinski definition) is 1. The molecule has 144 valence electrons. The van der Waals surface area contributed by atoms with E-state index in [1.807, 2.05) is 4.90 Å². The fourth-order valence-electron chi connectivity index (χ4n) is 4.50. The minimum Gasteiger partial charge on any atom is -0.337 e. The molecule has 3 rings (SSSR count). The van der Waals surface area contributed by atoms with Gasteiger partial charge in [-0.15, -0.1) is 0 Å². The number of likely N-dealkylation sites (N-methyl/N-ethyl adjacent to an activating group) is 1. The third-order valence-electron chi connectivity index (χ3n) is 6.07. The van der Waals surface area contributed by atoms with Crippen LogP contribution in [0.2, 0.25) is 0 Å². The summed E-state index contributed by atoms with van der Waals surface area (Å²) >= 11 is 0. The standard InChI is InChI=1S/C21H32FN3O/c1-3-4-13-25(15-17-5-7-18(22)8-6-17)20(26)19-14-21(16-24(19)2)9-11-23-12-10-21/h5-8,19,23H,3-4,9-16H2,1-2H3. The van der Waals surface area contributed by atoms with Gasteiger partial charge in [-0.25, -0.2) is 4.39 Å². The first-order valence-corrected chi connectivity index (χ1v) is 9.97. The number of carbonyl (C=O) groups is 1. The maximum Gasteiger partial charge on any atom is 0.240 e. The van der Waals surface area contributed by atoms with E-state index >= 15 is 0 Å². The van der Waals surface area contributed by atoms with Crippen molar-refractivity contribution in [1.82, 2.24) is 15.1 Å². The van der Waals surface area contributed by atoms with Gasteiger partial charge in [0, 0.05) is 19.6 Å². The summed E-state index contributed by atoms with van der Waals surface area (Å²) in [6, 6.07) is 6.50. The highest BCUT2D eigenvalue weighted by molar-refractivity contribution is 5.82. The van der Waals surface area contributed by atoms with Crippen LogP contribution in [0, 0.1) is 11.2 Å². The molecule has 0 bridgehead atoms. The summed E-state index contributed by atoms with van der Waals surface area (Å²) in [4.78, 5) is 17.6. The van der Waals surface area contributed by atoms with E-state index in [-0.39, 0.29) is 17.8 Å². The molecule has 0 aliphatic carbocycles. The first-order valence-electron chi connectivity index (χ1n) is 9.97. The quantitative estimate of drug-likeness (QED) is 0.846. The SMILES string of the molecule is CCCCN(Cc1ccc(F)cc1)C(=O)C1CC2(CCNCC2)CN1C. The molecule has 0 radical (unpaired) electrons. The molecule has 2 aliphatic heterocycles. The van der Waals surface area contributed by atoms with Gasteiger partial charge in [0.05, 0.1) is 6.04 Å². The van der Waals surface area contributed by atoms with Crippen molar-refractivity contribution in [1.29, 1.82) is 0 Å². The van der Waals surface area contributed by atoms with Gasteiger partial charge in [-0.05, 0) is 68.9 Å². The molecular formula is C21H32FN3O. The summed E-state index contributed by atoms with van der Waals surface area (Å²) in [5.41, 5.74) is 1.29. The molecule has 1 aromatic carbocycles. The summed E-state index contributed by atoms with van der Waals surface area (Å²) in [6.07, 6.45) is 5.35. The third-order valence-corrected chi connectivity index (χ3v) is 6.07. The molecule has 1 atom stereocenters. The van der Waals surface area contributed by atoms with Gasteiger partial charge in [0.25, 0.3) is 0 Å². The highest BCUT2D eigenvalue weighted by Gasteiger charge is 2.46. The highest BCUT2D eigenvalue weighted by atomic mass is 19.1. The zero-order chi connectivity index (χ0) is 18.6. The van der Waals surface area contributed by atoms with Crippen LogP contribution in [-0.2, 0) is 11.3 Å². The summed E-state index contributed by atoms with van der Waals surface area (Å²) in [5, 5.41) is 3.44. The van der Waals surface area contributed by atoms with Crippen LogP contribution >= 0.6 is 0 Å². The molecule has 4 nitrogen and oxygen atoms in total. The second kappa shape index (κ2) is 8.49. The number of nitrogens with one attached hydrogen (secondary N) is 1. The van der Waals surface area contributed by atoms with Gasteiger partial charge in [0.2, 0.25) is 5.91 Å². The van der Waals surface area contributed by atoms with Crippen LogP contribution in [0.25, 0.3) is 0 Å². The van der Waals surface area contributed by atoms with Crippen molar-refractivity contribution >= 4 is 5.91 Å². The molecular weight excluding hydrogens is 329 g/mol. The molecule has 2 aliphatic rings. The van der Waals surface area contributed by atoms with Crippen LogP contribution < -0.4 is 5.32 Å². The Morgan fingerprint density at radius 1 is 1.31 bits per heavy atom. The molecule has 1 spiro atoms. The van der Waals surface area contributed by atoms with E-state index in [1.54, 1.807) is 12.1 Å². The Morgan fingerprint density at radius 3 is 2.65 bits per heavy atom. The lowest BCUT2D eigenvalue weighted by Crippen LogP contribution is -2.44. The summed E-state index contributed by atoms with van der Waals surface area (Å²) in [7, 11) is 2.09. The van der Waals surface area contributed by atoms with Crippen LogP contribution in [-0.4, -0.2) is 55.0 Å². The van der Waals surface area contributed by atoms with Gasteiger partial charge in [0.15, 0.2) is 0 Å². The van der Waals surface area contributed by atoms with E-state index in [0.29, 0.717) is 12.0 Å². The number of rotatable bonds is 6. The fraction of sp³-hybridized carbons (Fsp3) is 0.667. The molecule has 2 fully saturated rings. The molecule has 1 N–H and O–H groups in total. The van der Waals surface area contributed by atoms with E-state index < -0.39 is 0 Å². The van der Waals surface area contributed by atoms with Gasteiger partial charge >= 0.3 is 0 Å². The maximum absolute atomic E-state index is 13.4. The number of likely N-dealkylation sites (tertiary alicyclic amines) is 1. The van der Waals surface area contributed by atoms with E-state index in [1.165, 1.54) is 12.1 Å². The molecule has 5 heteroatoms. The molecule has 2 heterocycles. The van der Waals surface area contributed by atoms with Gasteiger partial charge in [-0.2, -0.15) is 0 Å². The Hall–Kier alpha value is -1.46. The Kier molecular flexibility index (Phi) is 6.30. The van der Waals surface area contributed by atoms with Gasteiger partial charge in [-0.1, -0.05) is 25.5 Å². The van der Waals surface area contributed by atoms with E-state index in [4.69, 9.17) is 0 Å². The van der Waals surface area contributed by atoms with Crippen molar-refractivity contribution < 1.29 is 9.18 Å². The number of nitrogens with zero attached hydrogens (tertiary/aromatic N) is 2. The molecule has 1 amide bonds. The number of halogens is 1. The van der Waals surface area contributed by atoms with Crippen LogP contribution in [0.4, 0.5) is 4.39 Å². The first kappa shape index (κ1) is 19.3. The molecule has 2 saturated heterocycles. The van der Waals surface area contributed by atoms with Crippen molar-refractivity contribution in [3.8, 4) is 0 Å². The summed E-state index contributed by atoms with van der Waals surface area (Å²) in [6.45, 7) is 6.62. The Bertz CT molecular complexity index is 598. The van der Waals surface area contributed by atoms with Crippen LogP contribution in [0.5, 0.6) is 0 Å². The third kappa shape index (κ3) is 4.44. The Labute approximate surface area is 156 Å². The van der Waals surface area contributed by atoms with Crippen molar-refractivity contribution in [3.05, 3.63) is 35.6 Å². The second-order valence-corrected chi connectivity index (χ2v) is 8.12. The Balaban J connectivity index is 1.70. The lowest BCUT2D eigenvalue weighted by molar-refractivity contribution is -0.136. The number of hydrogen-bond acceptors (Lipinski definition) is 3. The van der Waals surface area contributed by atoms with Crippen molar-refractivity contribution in [3.63, 3.8) is 0 Å². The number of benzene rings is 1. The zero-order valence-electron chi connectivity index (χ0n) is 16.1. The van der Waals surface area contributed by atoms with E-state index in [2.05, 4.69) is 24.2 Å². The molecule has 1 unspecified atom stereocenters. The van der Waals surface area contributed by atoms with Gasteiger partial charge < -0.3 is 10.2 Å². The van der Waals surface area contributed by atoms with E-state index in [9.17, 15) is 9.18 Å². The molecule has 1 aromatic rings. The van der Waals surface area contributed by atoms with Gasteiger partial charge in [0.1, 0.15) is 5.82 Å². The summed E-state index contributed by atoms with van der Waals surface area (Å²) in [5.74, 6) is 0.00393. The fourth-order valence-corrected chi connectivity index (χ4v) is 4.50. The number of unbranched alkanes of at least 4 members (excludes halogenated alkanes) is 1. The lowest BCUT2D eigenvalue weighted by Gasteiger charge is -2.33. The van der Waals surface area contributed by atoms with Crippen LogP contribution in [0.3, 0.4) is 0 Å². The molecule has 0 aromatic heterocycles. The predicted octanol–water partition coefficient (Wildman–Crippen LogP) is 3.03. The minimum absolute atomic E-state index is 0.0228. The number of carbonyl (C=O) groups excluding carboxylic acids is 1. The topological polar surface area (TPSA) is 35.6 Å². The Morgan fingerprint density at radius 2 is 2.00 bits per heavy atom. The largest absolute Gasteiger partial charge is 0.337 e.